The van der Waals surface area contributed by atoms with Crippen molar-refractivity contribution in [1.82, 2.24) is 0 Å². The first-order valence-corrected chi connectivity index (χ1v) is 3.66. The molecule has 0 aliphatic rings. The van der Waals surface area contributed by atoms with Crippen LogP contribution in [0.15, 0.2) is 30.5 Å². The molecule has 0 atom stereocenters. The summed E-state index contributed by atoms with van der Waals surface area (Å²) >= 11 is 5.77. The van der Waals surface area contributed by atoms with E-state index < -0.39 is 0 Å². The van der Waals surface area contributed by atoms with E-state index in [1.807, 2.05) is 6.07 Å². The Hall–Kier alpha value is -1.46. The molecule has 0 fully saturated rings. The van der Waals surface area contributed by atoms with Crippen LogP contribution in [0.5, 0.6) is 0 Å². The van der Waals surface area contributed by atoms with Crippen molar-refractivity contribution in [1.29, 1.82) is 5.26 Å². The molecule has 1 N–H and O–H groups in total. The molecular weight excluding hydrogens is 174 g/mol. The van der Waals surface area contributed by atoms with Crippen molar-refractivity contribution < 1.29 is 5.11 Å². The number of aliphatic hydroxyl groups is 1. The summed E-state index contributed by atoms with van der Waals surface area (Å²) in [7, 11) is 0. The van der Waals surface area contributed by atoms with Crippen LogP contribution < -0.4 is 0 Å². The predicted octanol–water partition coefficient (Wildman–Crippen LogP) is 2.76. The van der Waals surface area contributed by atoms with Crippen LogP contribution in [0.25, 0.3) is 5.57 Å². The molecule has 1 aromatic carbocycles. The number of aliphatic hydroxyl groups excluding tert-OH is 1. The van der Waals surface area contributed by atoms with Crippen LogP contribution >= 0.6 is 11.6 Å². The van der Waals surface area contributed by atoms with Gasteiger partial charge in [-0.15, -0.1) is 0 Å². The zero-order valence-corrected chi connectivity index (χ0v) is 6.92. The van der Waals surface area contributed by atoms with Crippen molar-refractivity contribution in [3.8, 4) is 6.07 Å². The van der Waals surface area contributed by atoms with Gasteiger partial charge in [0.2, 0.25) is 0 Å². The molecule has 12 heavy (non-hydrogen) atoms. The van der Waals surface area contributed by atoms with Gasteiger partial charge in [-0.3, -0.25) is 0 Å². The van der Waals surface area contributed by atoms with Crippen LogP contribution in [0.4, 0.5) is 0 Å². The van der Waals surface area contributed by atoms with E-state index in [0.717, 1.165) is 6.26 Å². The minimum atomic E-state index is 0.167. The maximum atomic E-state index is 8.66. The van der Waals surface area contributed by atoms with Crippen molar-refractivity contribution >= 4 is 17.2 Å². The number of allylic oxidation sites excluding steroid dienone is 1. The van der Waals surface area contributed by atoms with Gasteiger partial charge in [0.25, 0.3) is 0 Å². The molecule has 0 saturated heterocycles. The normalized spacial score (nSPS) is 10.8. The molecule has 0 aliphatic heterocycles. The maximum Gasteiger partial charge on any atom is 0.103 e. The van der Waals surface area contributed by atoms with E-state index in [-0.39, 0.29) is 5.57 Å². The summed E-state index contributed by atoms with van der Waals surface area (Å²) in [5, 5.41) is 17.7. The number of nitrogens with zero attached hydrogens (tertiary/aromatic N) is 1. The second-order valence-electron chi connectivity index (χ2n) is 2.13. The van der Waals surface area contributed by atoms with Crippen LogP contribution in [-0.4, -0.2) is 5.11 Å². The van der Waals surface area contributed by atoms with Crippen LogP contribution in [0.3, 0.4) is 0 Å². The predicted molar refractivity (Wildman–Crippen MR) is 47.7 cm³/mol. The third-order valence-corrected chi connectivity index (χ3v) is 1.74. The highest BCUT2D eigenvalue weighted by Crippen LogP contribution is 2.22. The lowest BCUT2D eigenvalue weighted by molar-refractivity contribution is 0.476. The minimum absolute atomic E-state index is 0.167. The standard InChI is InChI=1S/C9H6ClNO/c10-9-4-2-1-3-8(9)7(5-11)6-12/h1-4,6,12H/b7-6+. The zero-order chi connectivity index (χ0) is 8.97. The van der Waals surface area contributed by atoms with E-state index in [0.29, 0.717) is 10.6 Å². The second kappa shape index (κ2) is 3.80. The van der Waals surface area contributed by atoms with Crippen molar-refractivity contribution in [2.75, 3.05) is 0 Å². The lowest BCUT2D eigenvalue weighted by Gasteiger charge is -1.98. The van der Waals surface area contributed by atoms with Gasteiger partial charge in [0.1, 0.15) is 6.07 Å². The van der Waals surface area contributed by atoms with Crippen molar-refractivity contribution in [3.63, 3.8) is 0 Å². The fourth-order valence-corrected chi connectivity index (χ4v) is 1.08. The van der Waals surface area contributed by atoms with Gasteiger partial charge in [0.15, 0.2) is 0 Å². The Labute approximate surface area is 75.3 Å². The van der Waals surface area contributed by atoms with Gasteiger partial charge in [-0.1, -0.05) is 29.8 Å². The average molecular weight is 180 g/mol. The molecule has 0 aromatic heterocycles. The summed E-state index contributed by atoms with van der Waals surface area (Å²) < 4.78 is 0. The number of rotatable bonds is 1. The molecule has 3 heteroatoms. The molecule has 0 spiro atoms. The van der Waals surface area contributed by atoms with Gasteiger partial charge in [-0.05, 0) is 6.07 Å². The van der Waals surface area contributed by atoms with Crippen molar-refractivity contribution in [2.24, 2.45) is 0 Å². The highest BCUT2D eigenvalue weighted by Gasteiger charge is 2.03. The average Bonchev–Trinajstić information content (AvgIpc) is 2.10. The summed E-state index contributed by atoms with van der Waals surface area (Å²) in [6.07, 6.45) is 0.751. The Morgan fingerprint density at radius 1 is 1.50 bits per heavy atom. The summed E-state index contributed by atoms with van der Waals surface area (Å²) in [6.45, 7) is 0. The fraction of sp³-hybridized carbons (Fsp3) is 0. The quantitative estimate of drug-likeness (QED) is 0.532. The van der Waals surface area contributed by atoms with Gasteiger partial charge in [0, 0.05) is 10.6 Å². The zero-order valence-electron chi connectivity index (χ0n) is 6.16. The Morgan fingerprint density at radius 2 is 2.17 bits per heavy atom. The van der Waals surface area contributed by atoms with E-state index in [1.54, 1.807) is 24.3 Å². The Kier molecular flexibility index (Phi) is 2.73. The molecule has 1 aromatic rings. The third-order valence-electron chi connectivity index (χ3n) is 1.41. The van der Waals surface area contributed by atoms with Crippen LogP contribution in [-0.2, 0) is 0 Å². The number of hydrogen-bond acceptors (Lipinski definition) is 2. The molecule has 0 bridgehead atoms. The Balaban J connectivity index is 3.21. The van der Waals surface area contributed by atoms with Crippen molar-refractivity contribution in [2.45, 2.75) is 0 Å². The first kappa shape index (κ1) is 8.63. The molecule has 1 rings (SSSR count). The van der Waals surface area contributed by atoms with Crippen LogP contribution in [0.2, 0.25) is 5.02 Å². The molecule has 0 saturated carbocycles. The lowest BCUT2D eigenvalue weighted by atomic mass is 10.1. The summed E-state index contributed by atoms with van der Waals surface area (Å²) in [5.41, 5.74) is 0.713. The first-order chi connectivity index (χ1) is 5.79. The van der Waals surface area contributed by atoms with E-state index >= 15 is 0 Å². The molecule has 0 aliphatic carbocycles. The van der Waals surface area contributed by atoms with Gasteiger partial charge in [0.05, 0.1) is 11.8 Å². The largest absolute Gasteiger partial charge is 0.514 e. The number of hydrogen-bond donors (Lipinski definition) is 1. The van der Waals surface area contributed by atoms with E-state index in [4.69, 9.17) is 22.0 Å². The fourth-order valence-electron chi connectivity index (χ4n) is 0.838. The molecule has 0 unspecified atom stereocenters. The molecule has 2 nitrogen and oxygen atoms in total. The van der Waals surface area contributed by atoms with E-state index in [2.05, 4.69) is 0 Å². The molecular formula is C9H6ClNO. The second-order valence-corrected chi connectivity index (χ2v) is 2.54. The number of nitriles is 1. The van der Waals surface area contributed by atoms with Gasteiger partial charge in [-0.25, -0.2) is 0 Å². The number of halogens is 1. The SMILES string of the molecule is N#C/C(=C\O)c1ccccc1Cl. The summed E-state index contributed by atoms with van der Waals surface area (Å²) in [6, 6.07) is 8.69. The molecule has 0 heterocycles. The van der Waals surface area contributed by atoms with E-state index in [9.17, 15) is 0 Å². The minimum Gasteiger partial charge on any atom is -0.514 e. The molecule has 60 valence electrons. The van der Waals surface area contributed by atoms with Crippen molar-refractivity contribution in [3.05, 3.63) is 41.1 Å². The monoisotopic (exact) mass is 179 g/mol. The third kappa shape index (κ3) is 1.58. The van der Waals surface area contributed by atoms with Gasteiger partial charge < -0.3 is 5.11 Å². The lowest BCUT2D eigenvalue weighted by Crippen LogP contribution is -1.82. The maximum absolute atomic E-state index is 8.66. The Morgan fingerprint density at radius 3 is 2.67 bits per heavy atom. The van der Waals surface area contributed by atoms with Gasteiger partial charge in [-0.2, -0.15) is 5.26 Å². The summed E-state index contributed by atoms with van der Waals surface area (Å²) in [4.78, 5) is 0. The highest BCUT2D eigenvalue weighted by atomic mass is 35.5. The number of benzene rings is 1. The molecule has 0 amide bonds. The Bertz CT molecular complexity index is 352. The topological polar surface area (TPSA) is 44.0 Å². The first-order valence-electron chi connectivity index (χ1n) is 3.29. The summed E-state index contributed by atoms with van der Waals surface area (Å²) in [5.74, 6) is 0. The van der Waals surface area contributed by atoms with Crippen LogP contribution in [0.1, 0.15) is 5.56 Å². The highest BCUT2D eigenvalue weighted by molar-refractivity contribution is 6.32. The molecule has 0 radical (unpaired) electrons. The van der Waals surface area contributed by atoms with Crippen LogP contribution in [0, 0.1) is 11.3 Å². The smallest absolute Gasteiger partial charge is 0.103 e. The van der Waals surface area contributed by atoms with Gasteiger partial charge >= 0.3 is 0 Å². The van der Waals surface area contributed by atoms with E-state index in [1.165, 1.54) is 0 Å².